The summed E-state index contributed by atoms with van der Waals surface area (Å²) in [5.74, 6) is 3.23. The number of nitrogens with one attached hydrogen (secondary N) is 3. The number of hydrogen-bond donors (Lipinski definition) is 3. The number of carbonyl (C=O) groups excluding carboxylic acids is 1. The Balaban J connectivity index is 1.06. The summed E-state index contributed by atoms with van der Waals surface area (Å²) in [6.07, 6.45) is 9.68. The topological polar surface area (TPSA) is 115 Å². The van der Waals surface area contributed by atoms with Crippen molar-refractivity contribution in [2.75, 3.05) is 36.9 Å². The number of nitrogens with zero attached hydrogens (tertiary/aromatic N) is 4. The molecule has 5 aliphatic rings. The summed E-state index contributed by atoms with van der Waals surface area (Å²) in [4.78, 5) is 23.0. The molecule has 4 aliphatic carbocycles. The van der Waals surface area contributed by atoms with Crippen LogP contribution >= 0.6 is 11.6 Å². The lowest BCUT2D eigenvalue weighted by molar-refractivity contribution is -0.0733. The Kier molecular flexibility index (Phi) is 8.23. The van der Waals surface area contributed by atoms with Crippen LogP contribution in [0.1, 0.15) is 63.0 Å². The molecule has 218 valence electrons. The average molecular weight is 578 g/mol. The lowest BCUT2D eigenvalue weighted by atomic mass is 9.48. The van der Waals surface area contributed by atoms with E-state index in [9.17, 15) is 10.1 Å². The molecule has 3 N–H and O–H groups in total. The van der Waals surface area contributed by atoms with Gasteiger partial charge in [-0.25, -0.2) is 9.78 Å². The average Bonchev–Trinajstić information content (AvgIpc) is 2.98. The fourth-order valence-electron chi connectivity index (χ4n) is 8.17. The number of nitriles is 1. The monoisotopic (exact) mass is 577 g/mol. The number of amides is 1. The second-order valence-corrected chi connectivity index (χ2v) is 12.9. The molecule has 1 aromatic carbocycles. The maximum absolute atomic E-state index is 12.1. The van der Waals surface area contributed by atoms with Crippen molar-refractivity contribution < 1.29 is 9.53 Å². The van der Waals surface area contributed by atoms with E-state index >= 15 is 0 Å². The van der Waals surface area contributed by atoms with Crippen molar-refractivity contribution in [1.82, 2.24) is 20.2 Å². The van der Waals surface area contributed by atoms with Crippen molar-refractivity contribution in [1.29, 1.82) is 5.26 Å². The predicted octanol–water partition coefficient (Wildman–Crippen LogP) is 5.43. The van der Waals surface area contributed by atoms with Gasteiger partial charge < -0.3 is 25.6 Å². The number of piperidine rings is 1. The van der Waals surface area contributed by atoms with Gasteiger partial charge in [0.1, 0.15) is 17.5 Å². The highest BCUT2D eigenvalue weighted by Crippen LogP contribution is 2.60. The number of rotatable bonds is 9. The number of likely N-dealkylation sites (tertiary alicyclic amines) is 1. The first-order valence-corrected chi connectivity index (χ1v) is 15.5. The number of ether oxygens (including phenoxy) is 1. The van der Waals surface area contributed by atoms with E-state index in [0.717, 1.165) is 44.0 Å². The van der Waals surface area contributed by atoms with E-state index in [1.54, 1.807) is 6.20 Å². The zero-order valence-corrected chi connectivity index (χ0v) is 24.5. The number of benzene rings is 1. The van der Waals surface area contributed by atoms with Crippen molar-refractivity contribution in [3.63, 3.8) is 0 Å². The van der Waals surface area contributed by atoms with E-state index in [0.29, 0.717) is 59.4 Å². The highest BCUT2D eigenvalue weighted by atomic mass is 35.5. The van der Waals surface area contributed by atoms with Gasteiger partial charge in [-0.3, -0.25) is 0 Å². The van der Waals surface area contributed by atoms with Crippen LogP contribution in [-0.2, 0) is 11.3 Å². The molecular formula is C31H40ClN7O2. The van der Waals surface area contributed by atoms with Crippen LogP contribution in [0.4, 0.5) is 16.6 Å². The molecule has 5 fully saturated rings. The molecule has 41 heavy (non-hydrogen) atoms. The van der Waals surface area contributed by atoms with Gasteiger partial charge in [-0.2, -0.15) is 10.2 Å². The molecule has 1 aliphatic heterocycles. The Hall–Kier alpha value is -3.09. The summed E-state index contributed by atoms with van der Waals surface area (Å²) in [5, 5.41) is 21.3. The first-order valence-electron chi connectivity index (χ1n) is 15.1. The highest BCUT2D eigenvalue weighted by Gasteiger charge is 2.55. The quantitative estimate of drug-likeness (QED) is 0.361. The van der Waals surface area contributed by atoms with Gasteiger partial charge in [0.05, 0.1) is 12.8 Å². The second-order valence-electron chi connectivity index (χ2n) is 12.5. The third-order valence-electron chi connectivity index (χ3n) is 9.78. The molecule has 1 amide bonds. The van der Waals surface area contributed by atoms with Gasteiger partial charge in [0.15, 0.2) is 0 Å². The number of aromatic nitrogens is 2. The normalized spacial score (nSPS) is 28.8. The van der Waals surface area contributed by atoms with E-state index < -0.39 is 0 Å². The number of halogens is 1. The fraction of sp³-hybridized carbons (Fsp3) is 0.613. The summed E-state index contributed by atoms with van der Waals surface area (Å²) in [6, 6.07) is 11.0. The maximum atomic E-state index is 12.1. The minimum Gasteiger partial charge on any atom is -0.450 e. The van der Waals surface area contributed by atoms with E-state index in [1.165, 1.54) is 32.1 Å². The van der Waals surface area contributed by atoms with Crippen molar-refractivity contribution >= 4 is 29.5 Å². The first-order chi connectivity index (χ1) is 19.9. The molecule has 1 saturated heterocycles. The largest absolute Gasteiger partial charge is 0.450 e. The van der Waals surface area contributed by atoms with Crippen LogP contribution in [0.2, 0.25) is 5.02 Å². The third kappa shape index (κ3) is 6.09. The molecule has 5 atom stereocenters. The van der Waals surface area contributed by atoms with Gasteiger partial charge in [0.2, 0.25) is 5.95 Å². The van der Waals surface area contributed by atoms with Crippen LogP contribution in [0.5, 0.6) is 0 Å². The van der Waals surface area contributed by atoms with Crippen molar-refractivity contribution in [3.8, 4) is 6.07 Å². The molecule has 0 spiro atoms. The van der Waals surface area contributed by atoms with Crippen LogP contribution in [0.3, 0.4) is 0 Å². The molecule has 2 heterocycles. The third-order valence-corrected chi connectivity index (χ3v) is 10.2. The predicted molar refractivity (Wildman–Crippen MR) is 159 cm³/mol. The zero-order chi connectivity index (χ0) is 28.4. The Labute approximate surface area is 247 Å². The summed E-state index contributed by atoms with van der Waals surface area (Å²) < 4.78 is 5.19. The van der Waals surface area contributed by atoms with Crippen LogP contribution < -0.4 is 16.0 Å². The van der Waals surface area contributed by atoms with Crippen molar-refractivity contribution in [2.45, 2.75) is 70.5 Å². The van der Waals surface area contributed by atoms with Crippen LogP contribution in [-0.4, -0.2) is 59.3 Å². The van der Waals surface area contributed by atoms with Gasteiger partial charge in [-0.15, -0.1) is 0 Å². The molecule has 7 rings (SSSR count). The summed E-state index contributed by atoms with van der Waals surface area (Å²) in [5.41, 5.74) is 1.68. The molecule has 3 unspecified atom stereocenters. The van der Waals surface area contributed by atoms with Gasteiger partial charge in [-0.05, 0) is 86.7 Å². The zero-order valence-electron chi connectivity index (χ0n) is 23.7. The molecular weight excluding hydrogens is 538 g/mol. The number of anilines is 2. The van der Waals surface area contributed by atoms with Crippen molar-refractivity contribution in [2.24, 2.45) is 23.2 Å². The number of carbonyl (C=O) groups is 1. The number of hydrogen-bond acceptors (Lipinski definition) is 8. The van der Waals surface area contributed by atoms with Gasteiger partial charge in [0.25, 0.3) is 0 Å². The Morgan fingerprint density at radius 2 is 1.93 bits per heavy atom. The fourth-order valence-corrected chi connectivity index (χ4v) is 8.37. The lowest BCUT2D eigenvalue weighted by Crippen LogP contribution is -2.62. The highest BCUT2D eigenvalue weighted by molar-refractivity contribution is 6.31. The smallest absolute Gasteiger partial charge is 0.409 e. The van der Waals surface area contributed by atoms with E-state index in [1.807, 2.05) is 36.1 Å². The summed E-state index contributed by atoms with van der Waals surface area (Å²) in [6.45, 7) is 5.16. The molecule has 10 heteroatoms. The van der Waals surface area contributed by atoms with Gasteiger partial charge >= 0.3 is 6.09 Å². The minimum atomic E-state index is -0.179. The van der Waals surface area contributed by atoms with Crippen LogP contribution in [0.15, 0.2) is 30.5 Å². The van der Waals surface area contributed by atoms with E-state index in [-0.39, 0.29) is 11.5 Å². The molecule has 0 radical (unpaired) electrons. The maximum Gasteiger partial charge on any atom is 0.409 e. The first kappa shape index (κ1) is 28.0. The van der Waals surface area contributed by atoms with Gasteiger partial charge in [0, 0.05) is 43.3 Å². The van der Waals surface area contributed by atoms with Crippen LogP contribution in [0.25, 0.3) is 0 Å². The van der Waals surface area contributed by atoms with Crippen LogP contribution in [0, 0.1) is 34.5 Å². The van der Waals surface area contributed by atoms with E-state index in [4.69, 9.17) is 16.3 Å². The second kappa shape index (κ2) is 12.0. The SMILES string of the molecule is CCOC(=O)N1CCC(NC2[C@@H]3CC4C[C@H]2CC(CNc2nc(NCc5ccccc5Cl)ncc2C#N)(C4)C3)CC1. The summed E-state index contributed by atoms with van der Waals surface area (Å²) >= 11 is 6.30. The van der Waals surface area contributed by atoms with Crippen molar-refractivity contribution in [3.05, 3.63) is 46.6 Å². The molecule has 1 aromatic heterocycles. The Morgan fingerprint density at radius 3 is 2.63 bits per heavy atom. The van der Waals surface area contributed by atoms with E-state index in [2.05, 4.69) is 32.0 Å². The standard InChI is InChI=1S/C31H40ClN7O2/c1-2-41-30(40)39-9-7-25(8-10-39)37-27-22-11-20-12-23(27)15-31(13-20,14-22)19-36-28-24(16-33)18-35-29(38-28)34-17-21-5-3-4-6-26(21)32/h3-6,18,20,22-23,25,27,37H,2,7-15,17,19H2,1H3,(H2,34,35,36,38)/t20?,22-,23+,27?,31?. The molecule has 4 saturated carbocycles. The Morgan fingerprint density at radius 1 is 1.17 bits per heavy atom. The summed E-state index contributed by atoms with van der Waals surface area (Å²) in [7, 11) is 0. The molecule has 9 nitrogen and oxygen atoms in total. The molecule has 2 aromatic rings. The molecule has 4 bridgehead atoms. The van der Waals surface area contributed by atoms with Gasteiger partial charge in [-0.1, -0.05) is 29.8 Å². The minimum absolute atomic E-state index is 0.179. The Bertz CT molecular complexity index is 1280. The lowest BCUT2D eigenvalue weighted by Gasteiger charge is -2.61.